The van der Waals surface area contributed by atoms with Crippen LogP contribution < -0.4 is 11.1 Å². The zero-order valence-corrected chi connectivity index (χ0v) is 13.5. The smallest absolute Gasteiger partial charge is 0.171 e. The highest BCUT2D eigenvalue weighted by Crippen LogP contribution is 2.42. The van der Waals surface area contributed by atoms with Crippen molar-refractivity contribution < 1.29 is 4.79 Å². The van der Waals surface area contributed by atoms with E-state index in [2.05, 4.69) is 24.4 Å². The maximum absolute atomic E-state index is 11.6. The zero-order chi connectivity index (χ0) is 14.7. The summed E-state index contributed by atoms with van der Waals surface area (Å²) < 4.78 is 0. The summed E-state index contributed by atoms with van der Waals surface area (Å²) >= 11 is 3.01. The highest BCUT2D eigenvalue weighted by atomic mass is 32.2. The summed E-state index contributed by atoms with van der Waals surface area (Å²) in [6.07, 6.45) is 1.97. The third kappa shape index (κ3) is 2.99. The molecule has 1 aromatic carbocycles. The van der Waals surface area contributed by atoms with Crippen LogP contribution in [0.5, 0.6) is 0 Å². The first-order chi connectivity index (χ1) is 9.54. The molecule has 0 radical (unpaired) electrons. The lowest BCUT2D eigenvalue weighted by Crippen LogP contribution is -2.00. The number of carbonyl (C=O) groups excluding carboxylic acids is 1. The molecule has 0 amide bonds. The van der Waals surface area contributed by atoms with Gasteiger partial charge in [0, 0.05) is 13.5 Å². The second-order valence-corrected chi connectivity index (χ2v) is 6.38. The van der Waals surface area contributed by atoms with Gasteiger partial charge in [0.15, 0.2) is 5.78 Å². The molecule has 1 aromatic heterocycles. The molecular formula is C15H18N2OS2. The predicted molar refractivity (Wildman–Crippen MR) is 89.0 cm³/mol. The van der Waals surface area contributed by atoms with Gasteiger partial charge in [-0.2, -0.15) is 0 Å². The molecule has 2 aromatic rings. The van der Waals surface area contributed by atoms with Gasteiger partial charge in [0.05, 0.1) is 15.5 Å². The maximum atomic E-state index is 11.6. The Kier molecular flexibility index (Phi) is 4.73. The highest BCUT2D eigenvalue weighted by molar-refractivity contribution is 7.99. The van der Waals surface area contributed by atoms with Gasteiger partial charge in [-0.15, -0.1) is 23.1 Å². The number of anilines is 2. The van der Waals surface area contributed by atoms with Gasteiger partial charge in [0.1, 0.15) is 5.00 Å². The Hall–Kier alpha value is -1.46. The average Bonchev–Trinajstić information content (AvgIpc) is 2.74. The van der Waals surface area contributed by atoms with E-state index in [0.717, 1.165) is 16.4 Å². The number of ketones is 1. The molecule has 106 valence electrons. The molecule has 0 spiro atoms. The van der Waals surface area contributed by atoms with Crippen molar-refractivity contribution in [3.05, 3.63) is 40.3 Å². The Labute approximate surface area is 127 Å². The van der Waals surface area contributed by atoms with E-state index < -0.39 is 0 Å². The molecular weight excluding hydrogens is 288 g/mol. The lowest BCUT2D eigenvalue weighted by Gasteiger charge is -2.08. The fraction of sp³-hybridized carbons (Fsp3) is 0.267. The Morgan fingerprint density at radius 1 is 1.40 bits per heavy atom. The van der Waals surface area contributed by atoms with Gasteiger partial charge in [-0.1, -0.05) is 24.3 Å². The Morgan fingerprint density at radius 2 is 2.10 bits per heavy atom. The van der Waals surface area contributed by atoms with Crippen LogP contribution in [0.1, 0.15) is 27.7 Å². The molecule has 0 aliphatic heterocycles. The monoisotopic (exact) mass is 306 g/mol. The molecule has 3 N–H and O–H groups in total. The normalized spacial score (nSPS) is 10.6. The van der Waals surface area contributed by atoms with E-state index in [0.29, 0.717) is 10.6 Å². The minimum atomic E-state index is 0.0201. The quantitative estimate of drug-likeness (QED) is 0.643. The summed E-state index contributed by atoms with van der Waals surface area (Å²) in [5, 5.41) is 4.38. The lowest BCUT2D eigenvalue weighted by molar-refractivity contribution is 0.102. The van der Waals surface area contributed by atoms with Crippen molar-refractivity contribution in [3.63, 3.8) is 0 Å². The number of nitrogen functional groups attached to an aromatic ring is 1. The molecule has 0 saturated carbocycles. The summed E-state index contributed by atoms with van der Waals surface area (Å²) in [5.74, 6) is 0.0201. The van der Waals surface area contributed by atoms with Crippen molar-refractivity contribution in [2.75, 3.05) is 17.3 Å². The standard InChI is InChI=1S/C15H18N2OS2/c1-9-6-4-5-7-11(9)8-17-15-14(19-3)12(16)13(20-15)10(2)18/h4-7,17H,8,16H2,1-3H3. The number of carbonyl (C=O) groups is 1. The maximum Gasteiger partial charge on any atom is 0.171 e. The Balaban J connectivity index is 2.24. The van der Waals surface area contributed by atoms with Crippen LogP contribution in [0, 0.1) is 6.92 Å². The van der Waals surface area contributed by atoms with Gasteiger partial charge >= 0.3 is 0 Å². The number of Topliss-reactive ketones (excluding diaryl/α,β-unsaturated/α-hetero) is 1. The summed E-state index contributed by atoms with van der Waals surface area (Å²) in [7, 11) is 0. The number of rotatable bonds is 5. The molecule has 2 rings (SSSR count). The third-order valence-electron chi connectivity index (χ3n) is 3.12. The van der Waals surface area contributed by atoms with Gasteiger partial charge < -0.3 is 11.1 Å². The SMILES string of the molecule is CSc1c(NCc2ccccc2C)sc(C(C)=O)c1N. The van der Waals surface area contributed by atoms with E-state index in [4.69, 9.17) is 5.73 Å². The Morgan fingerprint density at radius 3 is 2.70 bits per heavy atom. The van der Waals surface area contributed by atoms with Crippen LogP contribution in [0.2, 0.25) is 0 Å². The number of thioether (sulfide) groups is 1. The largest absolute Gasteiger partial charge is 0.396 e. The topological polar surface area (TPSA) is 55.1 Å². The lowest BCUT2D eigenvalue weighted by atomic mass is 10.1. The van der Waals surface area contributed by atoms with E-state index in [1.165, 1.54) is 22.5 Å². The van der Waals surface area contributed by atoms with Gasteiger partial charge in [0.2, 0.25) is 0 Å². The first kappa shape index (κ1) is 14.9. The molecule has 0 saturated heterocycles. The van der Waals surface area contributed by atoms with E-state index in [1.807, 2.05) is 18.4 Å². The highest BCUT2D eigenvalue weighted by Gasteiger charge is 2.17. The molecule has 5 heteroatoms. The summed E-state index contributed by atoms with van der Waals surface area (Å²) in [6, 6.07) is 8.26. The molecule has 0 atom stereocenters. The van der Waals surface area contributed by atoms with Crippen molar-refractivity contribution in [1.29, 1.82) is 0 Å². The molecule has 20 heavy (non-hydrogen) atoms. The fourth-order valence-electron chi connectivity index (χ4n) is 1.99. The Bertz CT molecular complexity index is 635. The minimum absolute atomic E-state index is 0.0201. The van der Waals surface area contributed by atoms with Crippen molar-refractivity contribution in [2.24, 2.45) is 0 Å². The van der Waals surface area contributed by atoms with Gasteiger partial charge in [-0.3, -0.25) is 4.79 Å². The molecule has 0 aliphatic rings. The second-order valence-electron chi connectivity index (χ2n) is 4.54. The first-order valence-electron chi connectivity index (χ1n) is 6.30. The molecule has 0 fully saturated rings. The van der Waals surface area contributed by atoms with Crippen LogP contribution in [0.15, 0.2) is 29.2 Å². The van der Waals surface area contributed by atoms with Crippen LogP contribution in [0.4, 0.5) is 10.7 Å². The number of aryl methyl sites for hydroxylation is 1. The molecule has 3 nitrogen and oxygen atoms in total. The van der Waals surface area contributed by atoms with Crippen molar-refractivity contribution in [1.82, 2.24) is 0 Å². The van der Waals surface area contributed by atoms with Crippen LogP contribution >= 0.6 is 23.1 Å². The van der Waals surface area contributed by atoms with E-state index in [1.54, 1.807) is 18.7 Å². The van der Waals surface area contributed by atoms with Crippen LogP contribution in [-0.4, -0.2) is 12.0 Å². The first-order valence-corrected chi connectivity index (χ1v) is 8.34. The van der Waals surface area contributed by atoms with Crippen LogP contribution in [0.25, 0.3) is 0 Å². The molecule has 0 bridgehead atoms. The van der Waals surface area contributed by atoms with Crippen molar-refractivity contribution in [2.45, 2.75) is 25.3 Å². The number of hydrogen-bond donors (Lipinski definition) is 2. The van der Waals surface area contributed by atoms with E-state index in [9.17, 15) is 4.79 Å². The van der Waals surface area contributed by atoms with Crippen molar-refractivity contribution in [3.8, 4) is 0 Å². The van der Waals surface area contributed by atoms with Crippen LogP contribution in [-0.2, 0) is 6.54 Å². The second kappa shape index (κ2) is 6.33. The number of thiophene rings is 1. The van der Waals surface area contributed by atoms with Gasteiger partial charge in [0.25, 0.3) is 0 Å². The van der Waals surface area contributed by atoms with Crippen molar-refractivity contribution >= 4 is 39.6 Å². The van der Waals surface area contributed by atoms with E-state index in [-0.39, 0.29) is 5.78 Å². The number of hydrogen-bond acceptors (Lipinski definition) is 5. The summed E-state index contributed by atoms with van der Waals surface area (Å²) in [5.41, 5.74) is 9.14. The molecule has 0 unspecified atom stereocenters. The van der Waals surface area contributed by atoms with Crippen LogP contribution in [0.3, 0.4) is 0 Å². The predicted octanol–water partition coefficient (Wildman–Crippen LogP) is 4.18. The number of benzene rings is 1. The summed E-state index contributed by atoms with van der Waals surface area (Å²) in [6.45, 7) is 4.38. The number of nitrogens with two attached hydrogens (primary N) is 1. The minimum Gasteiger partial charge on any atom is -0.396 e. The summed E-state index contributed by atoms with van der Waals surface area (Å²) in [4.78, 5) is 13.2. The molecule has 1 heterocycles. The van der Waals surface area contributed by atoms with E-state index >= 15 is 0 Å². The fourth-order valence-corrected chi connectivity index (χ4v) is 3.92. The zero-order valence-electron chi connectivity index (χ0n) is 11.8. The van der Waals surface area contributed by atoms with Gasteiger partial charge in [-0.25, -0.2) is 0 Å². The average molecular weight is 306 g/mol. The number of nitrogens with one attached hydrogen (secondary N) is 1. The third-order valence-corrected chi connectivity index (χ3v) is 5.35. The molecule has 0 aliphatic carbocycles. The van der Waals surface area contributed by atoms with Gasteiger partial charge in [-0.05, 0) is 24.3 Å².